The highest BCUT2D eigenvalue weighted by atomic mass is 35.5. The van der Waals surface area contributed by atoms with E-state index in [2.05, 4.69) is 5.32 Å². The molecule has 3 rings (SSSR count). The van der Waals surface area contributed by atoms with Crippen LogP contribution in [0.15, 0.2) is 83.8 Å². The Morgan fingerprint density at radius 1 is 0.968 bits per heavy atom. The highest BCUT2D eigenvalue weighted by Crippen LogP contribution is 2.24. The predicted octanol–water partition coefficient (Wildman–Crippen LogP) is 3.90. The van der Waals surface area contributed by atoms with Gasteiger partial charge < -0.3 is 10.1 Å². The lowest BCUT2D eigenvalue weighted by Gasteiger charge is -2.24. The molecule has 0 heterocycles. The van der Waals surface area contributed by atoms with Crippen molar-refractivity contribution in [3.8, 4) is 5.75 Å². The van der Waals surface area contributed by atoms with Gasteiger partial charge in [-0.15, -0.1) is 0 Å². The number of halogens is 1. The quantitative estimate of drug-likeness (QED) is 0.527. The Morgan fingerprint density at radius 2 is 1.61 bits per heavy atom. The van der Waals surface area contributed by atoms with Crippen molar-refractivity contribution in [3.05, 3.63) is 89.4 Å². The average molecular weight is 459 g/mol. The highest BCUT2D eigenvalue weighted by molar-refractivity contribution is 7.92. The van der Waals surface area contributed by atoms with Crippen molar-refractivity contribution in [2.24, 2.45) is 0 Å². The van der Waals surface area contributed by atoms with Crippen molar-refractivity contribution in [1.82, 2.24) is 5.32 Å². The van der Waals surface area contributed by atoms with Crippen LogP contribution in [0.3, 0.4) is 0 Å². The summed E-state index contributed by atoms with van der Waals surface area (Å²) in [5.74, 6) is 0.369. The van der Waals surface area contributed by atoms with Gasteiger partial charge in [0, 0.05) is 11.6 Å². The number of carbonyl (C=O) groups excluding carboxylic acids is 1. The van der Waals surface area contributed by atoms with Gasteiger partial charge in [-0.1, -0.05) is 41.9 Å². The third-order valence-electron chi connectivity index (χ3n) is 4.63. The van der Waals surface area contributed by atoms with Crippen LogP contribution in [-0.4, -0.2) is 34.5 Å². The van der Waals surface area contributed by atoms with Gasteiger partial charge in [-0.2, -0.15) is 0 Å². The maximum absolute atomic E-state index is 13.2. The second kappa shape index (κ2) is 10.3. The Balaban J connectivity index is 1.71. The fourth-order valence-corrected chi connectivity index (χ4v) is 4.51. The third kappa shape index (κ3) is 5.99. The summed E-state index contributed by atoms with van der Waals surface area (Å²) in [5, 5.41) is 3.23. The fourth-order valence-electron chi connectivity index (χ4n) is 2.97. The number of hydrogen-bond acceptors (Lipinski definition) is 4. The number of para-hydroxylation sites is 1. The molecule has 0 fully saturated rings. The average Bonchev–Trinajstić information content (AvgIpc) is 2.78. The molecule has 0 aromatic heterocycles. The van der Waals surface area contributed by atoms with E-state index in [1.54, 1.807) is 37.4 Å². The van der Waals surface area contributed by atoms with E-state index in [0.29, 0.717) is 23.7 Å². The summed E-state index contributed by atoms with van der Waals surface area (Å²) in [4.78, 5) is 12.7. The van der Waals surface area contributed by atoms with Gasteiger partial charge in [-0.05, 0) is 60.5 Å². The second-order valence-electron chi connectivity index (χ2n) is 6.75. The van der Waals surface area contributed by atoms with Crippen molar-refractivity contribution in [2.75, 3.05) is 24.5 Å². The summed E-state index contributed by atoms with van der Waals surface area (Å²) in [6.45, 7) is 0.0480. The van der Waals surface area contributed by atoms with Crippen molar-refractivity contribution >= 4 is 33.2 Å². The number of carbonyl (C=O) groups is 1. The van der Waals surface area contributed by atoms with Crippen LogP contribution < -0.4 is 14.4 Å². The molecule has 1 amide bonds. The molecule has 3 aromatic rings. The number of hydrogen-bond donors (Lipinski definition) is 1. The minimum Gasteiger partial charge on any atom is -0.497 e. The summed E-state index contributed by atoms with van der Waals surface area (Å²) in [6, 6.07) is 22.0. The maximum atomic E-state index is 13.2. The van der Waals surface area contributed by atoms with E-state index in [1.807, 2.05) is 24.3 Å². The van der Waals surface area contributed by atoms with Gasteiger partial charge in [0.25, 0.3) is 10.0 Å². The molecule has 0 bridgehead atoms. The Bertz CT molecular complexity index is 1100. The van der Waals surface area contributed by atoms with Crippen LogP contribution in [0.4, 0.5) is 5.69 Å². The number of benzene rings is 3. The minimum atomic E-state index is -3.95. The van der Waals surface area contributed by atoms with Crippen molar-refractivity contribution < 1.29 is 17.9 Å². The molecule has 0 aliphatic heterocycles. The Labute approximate surface area is 187 Å². The van der Waals surface area contributed by atoms with Gasteiger partial charge in [0.15, 0.2) is 0 Å². The monoisotopic (exact) mass is 458 g/mol. The van der Waals surface area contributed by atoms with E-state index in [-0.39, 0.29) is 11.4 Å². The molecule has 8 heteroatoms. The lowest BCUT2D eigenvalue weighted by molar-refractivity contribution is -0.119. The zero-order valence-corrected chi connectivity index (χ0v) is 18.6. The van der Waals surface area contributed by atoms with Gasteiger partial charge in [0.1, 0.15) is 12.3 Å². The van der Waals surface area contributed by atoms with Gasteiger partial charge in [0.2, 0.25) is 5.91 Å². The minimum absolute atomic E-state index is 0.0618. The number of anilines is 1. The summed E-state index contributed by atoms with van der Waals surface area (Å²) in [5.41, 5.74) is 1.44. The van der Waals surface area contributed by atoms with Crippen LogP contribution in [0, 0.1) is 0 Å². The largest absolute Gasteiger partial charge is 0.497 e. The lowest BCUT2D eigenvalue weighted by Crippen LogP contribution is -2.41. The first-order chi connectivity index (χ1) is 14.9. The first-order valence-corrected chi connectivity index (χ1v) is 11.4. The number of nitrogens with zero attached hydrogens (tertiary/aromatic N) is 1. The summed E-state index contributed by atoms with van der Waals surface area (Å²) >= 11 is 5.89. The molecule has 0 saturated carbocycles. The number of nitrogens with one attached hydrogen (secondary N) is 1. The zero-order chi connectivity index (χ0) is 22.3. The Hall–Kier alpha value is -3.03. The van der Waals surface area contributed by atoms with Gasteiger partial charge in [-0.3, -0.25) is 9.10 Å². The van der Waals surface area contributed by atoms with Gasteiger partial charge in [-0.25, -0.2) is 8.42 Å². The van der Waals surface area contributed by atoms with Crippen LogP contribution >= 0.6 is 11.6 Å². The van der Waals surface area contributed by atoms with Crippen molar-refractivity contribution in [1.29, 1.82) is 0 Å². The molecule has 1 N–H and O–H groups in total. The molecule has 0 unspecified atom stereocenters. The highest BCUT2D eigenvalue weighted by Gasteiger charge is 2.27. The second-order valence-corrected chi connectivity index (χ2v) is 9.05. The van der Waals surface area contributed by atoms with Crippen LogP contribution in [0.2, 0.25) is 5.02 Å². The lowest BCUT2D eigenvalue weighted by atomic mass is 10.1. The molecule has 0 radical (unpaired) electrons. The number of methoxy groups -OCH3 is 1. The first-order valence-electron chi connectivity index (χ1n) is 9.63. The molecular formula is C23H23ClN2O4S. The first kappa shape index (κ1) is 22.7. The van der Waals surface area contributed by atoms with Crippen LogP contribution in [0.5, 0.6) is 5.75 Å². The Morgan fingerprint density at radius 3 is 2.23 bits per heavy atom. The molecular weight excluding hydrogens is 436 g/mol. The maximum Gasteiger partial charge on any atom is 0.264 e. The fraction of sp³-hybridized carbons (Fsp3) is 0.174. The molecule has 0 aliphatic carbocycles. The molecule has 162 valence electrons. The normalized spacial score (nSPS) is 11.0. The molecule has 31 heavy (non-hydrogen) atoms. The van der Waals surface area contributed by atoms with Crippen molar-refractivity contribution in [2.45, 2.75) is 11.3 Å². The van der Waals surface area contributed by atoms with E-state index < -0.39 is 15.9 Å². The van der Waals surface area contributed by atoms with Crippen LogP contribution in [-0.2, 0) is 21.2 Å². The van der Waals surface area contributed by atoms with E-state index in [1.165, 1.54) is 24.3 Å². The van der Waals surface area contributed by atoms with E-state index >= 15 is 0 Å². The zero-order valence-electron chi connectivity index (χ0n) is 17.0. The predicted molar refractivity (Wildman–Crippen MR) is 122 cm³/mol. The standard InChI is InChI=1S/C23H23ClN2O4S/c1-30-21-11-7-18(8-12-21)15-16-25-23(27)17-26(20-5-3-2-4-6-20)31(28,29)22-13-9-19(24)10-14-22/h2-14H,15-17H2,1H3,(H,25,27). The summed E-state index contributed by atoms with van der Waals surface area (Å²) < 4.78 is 32.7. The summed E-state index contributed by atoms with van der Waals surface area (Å²) in [6.07, 6.45) is 0.616. The third-order valence-corrected chi connectivity index (χ3v) is 6.67. The van der Waals surface area contributed by atoms with E-state index in [9.17, 15) is 13.2 Å². The smallest absolute Gasteiger partial charge is 0.264 e. The summed E-state index contributed by atoms with van der Waals surface area (Å²) in [7, 11) is -2.35. The van der Waals surface area contributed by atoms with E-state index in [4.69, 9.17) is 16.3 Å². The molecule has 6 nitrogen and oxygen atoms in total. The number of ether oxygens (including phenoxy) is 1. The molecule has 0 atom stereocenters. The molecule has 0 aliphatic rings. The van der Waals surface area contributed by atoms with Gasteiger partial charge in [0.05, 0.1) is 17.7 Å². The van der Waals surface area contributed by atoms with Gasteiger partial charge >= 0.3 is 0 Å². The molecule has 3 aromatic carbocycles. The number of sulfonamides is 1. The number of amides is 1. The topological polar surface area (TPSA) is 75.7 Å². The van der Waals surface area contributed by atoms with E-state index in [0.717, 1.165) is 15.6 Å². The SMILES string of the molecule is COc1ccc(CCNC(=O)CN(c2ccccc2)S(=O)(=O)c2ccc(Cl)cc2)cc1. The van der Waals surface area contributed by atoms with Crippen molar-refractivity contribution in [3.63, 3.8) is 0 Å². The van der Waals surface area contributed by atoms with Crippen LogP contribution in [0.25, 0.3) is 0 Å². The molecule has 0 saturated heterocycles. The molecule has 0 spiro atoms. The Kier molecular flexibility index (Phi) is 7.55. The van der Waals surface area contributed by atoms with Crippen LogP contribution in [0.1, 0.15) is 5.56 Å². The number of rotatable bonds is 9.